The molecule has 0 atom stereocenters. The van der Waals surface area contributed by atoms with Crippen molar-refractivity contribution in [2.45, 2.75) is 13.0 Å². The second-order valence-electron chi connectivity index (χ2n) is 4.68. The zero-order valence-electron chi connectivity index (χ0n) is 11.1. The maximum absolute atomic E-state index is 13.5. The molecule has 0 saturated heterocycles. The number of pyridine rings is 1. The lowest BCUT2D eigenvalue weighted by Crippen LogP contribution is -2.25. The maximum Gasteiger partial charge on any atom is 0.350 e. The van der Waals surface area contributed by atoms with Crippen molar-refractivity contribution in [2.24, 2.45) is 0 Å². The van der Waals surface area contributed by atoms with E-state index >= 15 is 0 Å². The van der Waals surface area contributed by atoms with Gasteiger partial charge in [-0.2, -0.15) is 0 Å². The number of hydrogen-bond acceptors (Lipinski definition) is 3. The van der Waals surface area contributed by atoms with E-state index in [2.05, 4.69) is 5.10 Å². The summed E-state index contributed by atoms with van der Waals surface area (Å²) in [4.78, 5) is 24.0. The van der Waals surface area contributed by atoms with Gasteiger partial charge in [0.1, 0.15) is 12.4 Å². The molecule has 0 amide bonds. The number of fused-ring (bicyclic) bond motifs is 1. The zero-order chi connectivity index (χ0) is 14.8. The van der Waals surface area contributed by atoms with E-state index in [0.29, 0.717) is 11.2 Å². The summed E-state index contributed by atoms with van der Waals surface area (Å²) in [6, 6.07) is 11.2. The number of aromatic nitrogens is 3. The third-order valence-corrected chi connectivity index (χ3v) is 3.16. The zero-order valence-corrected chi connectivity index (χ0v) is 11.1. The Bertz CT molecular complexity index is 866. The minimum Gasteiger partial charge on any atom is -0.297 e. The van der Waals surface area contributed by atoms with Gasteiger partial charge in [0.2, 0.25) is 0 Å². The number of hydrogen-bond donors (Lipinski definition) is 0. The van der Waals surface area contributed by atoms with Crippen LogP contribution in [0.25, 0.3) is 5.65 Å². The fraction of sp³-hybridized carbons (Fsp3) is 0.133. The van der Waals surface area contributed by atoms with Gasteiger partial charge in [-0.05, 0) is 23.8 Å². The number of nitrogens with zero attached hydrogens (tertiary/aromatic N) is 3. The first-order chi connectivity index (χ1) is 10.1. The van der Waals surface area contributed by atoms with Crippen molar-refractivity contribution < 1.29 is 9.18 Å². The van der Waals surface area contributed by atoms with Crippen molar-refractivity contribution in [3.05, 3.63) is 70.5 Å². The summed E-state index contributed by atoms with van der Waals surface area (Å²) in [6.45, 7) is -0.172. The molecule has 0 aliphatic heterocycles. The highest BCUT2D eigenvalue weighted by molar-refractivity contribution is 5.80. The Morgan fingerprint density at radius 3 is 2.67 bits per heavy atom. The fourth-order valence-corrected chi connectivity index (χ4v) is 2.15. The van der Waals surface area contributed by atoms with Crippen LogP contribution in [0.2, 0.25) is 0 Å². The van der Waals surface area contributed by atoms with Gasteiger partial charge in [0, 0.05) is 12.6 Å². The SMILES string of the molecule is O=C(Cc1ccccc1F)Cn1nc2ccccn2c1=O. The van der Waals surface area contributed by atoms with Crippen molar-refractivity contribution in [3.8, 4) is 0 Å². The van der Waals surface area contributed by atoms with Gasteiger partial charge in [0.25, 0.3) is 0 Å². The molecule has 0 fully saturated rings. The van der Waals surface area contributed by atoms with Crippen molar-refractivity contribution in [1.29, 1.82) is 0 Å². The van der Waals surface area contributed by atoms with Gasteiger partial charge in [-0.1, -0.05) is 24.3 Å². The van der Waals surface area contributed by atoms with E-state index in [-0.39, 0.29) is 24.4 Å². The molecule has 0 bridgehead atoms. The Morgan fingerprint density at radius 2 is 1.90 bits per heavy atom. The molecule has 0 aliphatic carbocycles. The molecule has 2 aromatic heterocycles. The Hall–Kier alpha value is -2.76. The van der Waals surface area contributed by atoms with Gasteiger partial charge in [-0.25, -0.2) is 13.9 Å². The molecular weight excluding hydrogens is 273 g/mol. The molecule has 0 unspecified atom stereocenters. The smallest absolute Gasteiger partial charge is 0.297 e. The lowest BCUT2D eigenvalue weighted by molar-refractivity contribution is -0.119. The van der Waals surface area contributed by atoms with Crippen molar-refractivity contribution >= 4 is 11.4 Å². The summed E-state index contributed by atoms with van der Waals surface area (Å²) in [5.41, 5.74) is 0.410. The Balaban J connectivity index is 1.82. The summed E-state index contributed by atoms with van der Waals surface area (Å²) < 4.78 is 15.9. The average molecular weight is 285 g/mol. The van der Waals surface area contributed by atoms with E-state index in [1.165, 1.54) is 10.5 Å². The highest BCUT2D eigenvalue weighted by atomic mass is 19.1. The van der Waals surface area contributed by atoms with E-state index in [0.717, 1.165) is 4.68 Å². The molecule has 0 aliphatic rings. The van der Waals surface area contributed by atoms with Crippen LogP contribution in [-0.2, 0) is 17.8 Å². The molecule has 2 heterocycles. The first-order valence-corrected chi connectivity index (χ1v) is 6.44. The predicted molar refractivity (Wildman–Crippen MR) is 74.6 cm³/mol. The maximum atomic E-state index is 13.5. The predicted octanol–water partition coefficient (Wildman–Crippen LogP) is 1.45. The van der Waals surface area contributed by atoms with Crippen LogP contribution < -0.4 is 5.69 Å². The normalized spacial score (nSPS) is 10.9. The van der Waals surface area contributed by atoms with Crippen LogP contribution in [0.3, 0.4) is 0 Å². The topological polar surface area (TPSA) is 56.4 Å². The Morgan fingerprint density at radius 1 is 1.14 bits per heavy atom. The molecular formula is C15H12FN3O2. The van der Waals surface area contributed by atoms with Gasteiger partial charge in [-0.15, -0.1) is 5.10 Å². The molecule has 6 heteroatoms. The minimum atomic E-state index is -0.423. The van der Waals surface area contributed by atoms with Crippen molar-refractivity contribution in [2.75, 3.05) is 0 Å². The summed E-state index contributed by atoms with van der Waals surface area (Å²) in [5, 5.41) is 4.07. The average Bonchev–Trinajstić information content (AvgIpc) is 2.78. The molecule has 3 rings (SSSR count). The lowest BCUT2D eigenvalue weighted by atomic mass is 10.1. The first kappa shape index (κ1) is 13.2. The summed E-state index contributed by atoms with van der Waals surface area (Å²) in [5.74, 6) is -0.696. The third-order valence-electron chi connectivity index (χ3n) is 3.16. The molecule has 0 spiro atoms. The number of Topliss-reactive ketones (excluding diaryl/α,β-unsaturated/α-hetero) is 1. The fourth-order valence-electron chi connectivity index (χ4n) is 2.15. The van der Waals surface area contributed by atoms with Gasteiger partial charge in [0.15, 0.2) is 11.4 Å². The van der Waals surface area contributed by atoms with Gasteiger partial charge >= 0.3 is 5.69 Å². The third kappa shape index (κ3) is 2.60. The highest BCUT2D eigenvalue weighted by Crippen LogP contribution is 2.07. The molecule has 0 N–H and O–H groups in total. The number of ketones is 1. The van der Waals surface area contributed by atoms with Crippen LogP contribution in [0.4, 0.5) is 4.39 Å². The van der Waals surface area contributed by atoms with Crippen LogP contribution in [-0.4, -0.2) is 20.0 Å². The van der Waals surface area contributed by atoms with E-state index in [4.69, 9.17) is 0 Å². The monoisotopic (exact) mass is 285 g/mol. The largest absolute Gasteiger partial charge is 0.350 e. The van der Waals surface area contributed by atoms with Crippen molar-refractivity contribution in [3.63, 3.8) is 0 Å². The first-order valence-electron chi connectivity index (χ1n) is 6.44. The summed E-state index contributed by atoms with van der Waals surface area (Å²) >= 11 is 0. The van der Waals surface area contributed by atoms with Crippen LogP contribution in [0.5, 0.6) is 0 Å². The Kier molecular flexibility index (Phi) is 3.35. The van der Waals surface area contributed by atoms with E-state index < -0.39 is 5.82 Å². The summed E-state index contributed by atoms with van der Waals surface area (Å²) in [6.07, 6.45) is 1.52. The van der Waals surface area contributed by atoms with Crippen LogP contribution in [0.15, 0.2) is 53.5 Å². The molecule has 0 saturated carbocycles. The number of carbonyl (C=O) groups is 1. The van der Waals surface area contributed by atoms with E-state index in [1.807, 2.05) is 0 Å². The number of carbonyl (C=O) groups excluding carboxylic acids is 1. The van der Waals surface area contributed by atoms with Crippen LogP contribution in [0, 0.1) is 5.82 Å². The molecule has 106 valence electrons. The quantitative estimate of drug-likeness (QED) is 0.729. The van der Waals surface area contributed by atoms with Gasteiger partial charge in [0.05, 0.1) is 0 Å². The molecule has 3 aromatic rings. The summed E-state index contributed by atoms with van der Waals surface area (Å²) in [7, 11) is 0. The second-order valence-corrected chi connectivity index (χ2v) is 4.68. The standard InChI is InChI=1S/C15H12FN3O2/c16-13-6-2-1-5-11(13)9-12(20)10-19-15(21)18-8-4-3-7-14(18)17-19/h1-8H,9-10H2. The number of benzene rings is 1. The minimum absolute atomic E-state index is 0.0625. The van der Waals surface area contributed by atoms with E-state index in [1.54, 1.807) is 42.6 Å². The van der Waals surface area contributed by atoms with E-state index in [9.17, 15) is 14.0 Å². The molecule has 5 nitrogen and oxygen atoms in total. The number of halogens is 1. The van der Waals surface area contributed by atoms with Crippen molar-refractivity contribution in [1.82, 2.24) is 14.2 Å². The second kappa shape index (κ2) is 5.32. The highest BCUT2D eigenvalue weighted by Gasteiger charge is 2.12. The Labute approximate surface area is 119 Å². The molecule has 0 radical (unpaired) electrons. The number of rotatable bonds is 4. The van der Waals surface area contributed by atoms with Crippen LogP contribution in [0.1, 0.15) is 5.56 Å². The van der Waals surface area contributed by atoms with Gasteiger partial charge in [-0.3, -0.25) is 9.20 Å². The molecule has 21 heavy (non-hydrogen) atoms. The lowest BCUT2D eigenvalue weighted by Gasteiger charge is -2.02. The molecule has 1 aromatic carbocycles. The van der Waals surface area contributed by atoms with Gasteiger partial charge < -0.3 is 0 Å². The van der Waals surface area contributed by atoms with Crippen LogP contribution >= 0.6 is 0 Å².